The third kappa shape index (κ3) is 3.08. The monoisotopic (exact) mass is 360 g/mol. The number of carbonyl (C=O) groups excluding carboxylic acids is 1. The summed E-state index contributed by atoms with van der Waals surface area (Å²) >= 11 is 0. The first-order chi connectivity index (χ1) is 13.1. The van der Waals surface area contributed by atoms with Crippen molar-refractivity contribution in [1.82, 2.24) is 24.3 Å². The number of anilines is 1. The molecule has 7 nitrogen and oxygen atoms in total. The molecule has 1 N–H and O–H groups in total. The van der Waals surface area contributed by atoms with Crippen LogP contribution in [0.4, 0.5) is 5.69 Å². The lowest BCUT2D eigenvalue weighted by Gasteiger charge is -2.10. The van der Waals surface area contributed by atoms with Crippen molar-refractivity contribution in [2.24, 2.45) is 7.05 Å². The molecule has 4 rings (SSSR count). The van der Waals surface area contributed by atoms with Crippen LogP contribution in [0.3, 0.4) is 0 Å². The molecule has 0 aliphatic rings. The molecule has 7 heteroatoms. The van der Waals surface area contributed by atoms with Crippen molar-refractivity contribution in [2.75, 3.05) is 5.32 Å². The molecule has 0 bridgehead atoms. The molecule has 1 amide bonds. The Hall–Kier alpha value is -3.48. The van der Waals surface area contributed by atoms with Gasteiger partial charge < -0.3 is 9.88 Å². The molecular formula is C20H20N6O. The molecule has 0 fully saturated rings. The second-order valence-electron chi connectivity index (χ2n) is 6.40. The fourth-order valence-corrected chi connectivity index (χ4v) is 3.09. The second-order valence-corrected chi connectivity index (χ2v) is 6.40. The Morgan fingerprint density at radius 2 is 2.07 bits per heavy atom. The number of fused-ring (bicyclic) bond motifs is 1. The number of benzene rings is 1. The Morgan fingerprint density at radius 1 is 1.22 bits per heavy atom. The first kappa shape index (κ1) is 17.0. The van der Waals surface area contributed by atoms with Crippen LogP contribution in [0.15, 0.2) is 48.9 Å². The zero-order valence-electron chi connectivity index (χ0n) is 15.5. The van der Waals surface area contributed by atoms with E-state index in [0.29, 0.717) is 11.5 Å². The quantitative estimate of drug-likeness (QED) is 0.605. The lowest BCUT2D eigenvalue weighted by molar-refractivity contribution is 0.101. The molecule has 0 atom stereocenters. The smallest absolute Gasteiger partial charge is 0.273 e. The van der Waals surface area contributed by atoms with E-state index >= 15 is 0 Å². The highest BCUT2D eigenvalue weighted by Crippen LogP contribution is 2.24. The molecule has 3 heterocycles. The van der Waals surface area contributed by atoms with E-state index < -0.39 is 0 Å². The molecule has 0 aliphatic carbocycles. The number of hydrogen-bond donors (Lipinski definition) is 1. The van der Waals surface area contributed by atoms with Crippen LogP contribution in [0.2, 0.25) is 0 Å². The van der Waals surface area contributed by atoms with Gasteiger partial charge in [0.25, 0.3) is 5.91 Å². The summed E-state index contributed by atoms with van der Waals surface area (Å²) in [5.74, 6) is 0.479. The SMILES string of the molecule is CCn1ccc2cnc(-c3ccc(NC(=O)c4ccnn4C)c(C)c3)nc21. The van der Waals surface area contributed by atoms with Crippen LogP contribution in [0.1, 0.15) is 23.0 Å². The van der Waals surface area contributed by atoms with E-state index in [9.17, 15) is 4.79 Å². The summed E-state index contributed by atoms with van der Waals surface area (Å²) in [4.78, 5) is 21.6. The van der Waals surface area contributed by atoms with Gasteiger partial charge >= 0.3 is 0 Å². The largest absolute Gasteiger partial charge is 0.333 e. The average Bonchev–Trinajstić information content (AvgIpc) is 3.28. The van der Waals surface area contributed by atoms with Crippen LogP contribution < -0.4 is 5.32 Å². The van der Waals surface area contributed by atoms with Crippen LogP contribution >= 0.6 is 0 Å². The standard InChI is InChI=1S/C20H20N6O/c1-4-26-10-8-15-12-21-18(24-19(15)26)14-5-6-16(13(2)11-14)23-20(27)17-7-9-22-25(17)3/h5-12H,4H2,1-3H3,(H,23,27). The number of nitrogens with zero attached hydrogens (tertiary/aromatic N) is 5. The second kappa shape index (κ2) is 6.68. The summed E-state index contributed by atoms with van der Waals surface area (Å²) < 4.78 is 3.64. The average molecular weight is 360 g/mol. The van der Waals surface area contributed by atoms with Crippen molar-refractivity contribution < 1.29 is 4.79 Å². The van der Waals surface area contributed by atoms with Crippen LogP contribution in [0.25, 0.3) is 22.4 Å². The van der Waals surface area contributed by atoms with Gasteiger partial charge in [-0.1, -0.05) is 0 Å². The van der Waals surface area contributed by atoms with Gasteiger partial charge in [0.1, 0.15) is 11.3 Å². The summed E-state index contributed by atoms with van der Waals surface area (Å²) in [5.41, 5.74) is 4.04. The van der Waals surface area contributed by atoms with Gasteiger partial charge in [-0.15, -0.1) is 0 Å². The molecule has 4 aromatic rings. The number of hydrogen-bond acceptors (Lipinski definition) is 4. The highest BCUT2D eigenvalue weighted by atomic mass is 16.2. The van der Waals surface area contributed by atoms with Crippen LogP contribution in [0.5, 0.6) is 0 Å². The van der Waals surface area contributed by atoms with Gasteiger partial charge in [0, 0.05) is 48.8 Å². The molecule has 1 aromatic carbocycles. The number of nitrogens with one attached hydrogen (secondary N) is 1. The number of rotatable bonds is 4. The van der Waals surface area contributed by atoms with E-state index in [2.05, 4.69) is 26.9 Å². The van der Waals surface area contributed by atoms with Gasteiger partial charge in [-0.05, 0) is 49.7 Å². The van der Waals surface area contributed by atoms with Crippen molar-refractivity contribution in [3.63, 3.8) is 0 Å². The van der Waals surface area contributed by atoms with E-state index in [0.717, 1.165) is 34.4 Å². The van der Waals surface area contributed by atoms with Crippen molar-refractivity contribution in [1.29, 1.82) is 0 Å². The Morgan fingerprint density at radius 3 is 2.78 bits per heavy atom. The number of amides is 1. The van der Waals surface area contributed by atoms with Crippen LogP contribution in [0, 0.1) is 6.92 Å². The van der Waals surface area contributed by atoms with Gasteiger partial charge in [0.15, 0.2) is 5.82 Å². The van der Waals surface area contributed by atoms with Crippen molar-refractivity contribution >= 4 is 22.6 Å². The van der Waals surface area contributed by atoms with Crippen LogP contribution in [-0.2, 0) is 13.6 Å². The molecule has 0 spiro atoms. The van der Waals surface area contributed by atoms with Gasteiger partial charge in [-0.2, -0.15) is 5.10 Å². The minimum atomic E-state index is -0.190. The number of aryl methyl sites for hydroxylation is 3. The highest BCUT2D eigenvalue weighted by Gasteiger charge is 2.13. The van der Waals surface area contributed by atoms with Crippen LogP contribution in [-0.4, -0.2) is 30.2 Å². The Labute approximate surface area is 156 Å². The summed E-state index contributed by atoms with van der Waals surface area (Å²) in [6.07, 6.45) is 5.47. The normalized spacial score (nSPS) is 11.1. The summed E-state index contributed by atoms with van der Waals surface area (Å²) in [6, 6.07) is 9.49. The summed E-state index contributed by atoms with van der Waals surface area (Å²) in [5, 5.41) is 7.98. The molecule has 0 saturated heterocycles. The molecule has 136 valence electrons. The van der Waals surface area contributed by atoms with Gasteiger partial charge in [0.05, 0.1) is 0 Å². The fourth-order valence-electron chi connectivity index (χ4n) is 3.09. The molecule has 0 saturated carbocycles. The van der Waals surface area contributed by atoms with Crippen molar-refractivity contribution in [3.8, 4) is 11.4 Å². The Kier molecular flexibility index (Phi) is 4.19. The first-order valence-electron chi connectivity index (χ1n) is 8.79. The minimum Gasteiger partial charge on any atom is -0.333 e. The van der Waals surface area contributed by atoms with E-state index in [-0.39, 0.29) is 5.91 Å². The molecular weight excluding hydrogens is 340 g/mol. The maximum Gasteiger partial charge on any atom is 0.273 e. The maximum atomic E-state index is 12.4. The zero-order chi connectivity index (χ0) is 19.0. The van der Waals surface area contributed by atoms with E-state index in [1.807, 2.05) is 43.6 Å². The van der Waals surface area contributed by atoms with Crippen molar-refractivity contribution in [2.45, 2.75) is 20.4 Å². The molecule has 0 unspecified atom stereocenters. The third-order valence-electron chi connectivity index (χ3n) is 4.63. The van der Waals surface area contributed by atoms with Gasteiger partial charge in [-0.25, -0.2) is 9.97 Å². The molecule has 0 radical (unpaired) electrons. The van der Waals surface area contributed by atoms with Crippen molar-refractivity contribution in [3.05, 3.63) is 60.2 Å². The fraction of sp³-hybridized carbons (Fsp3) is 0.200. The molecule has 3 aromatic heterocycles. The third-order valence-corrected chi connectivity index (χ3v) is 4.63. The molecule has 27 heavy (non-hydrogen) atoms. The Bertz CT molecular complexity index is 1140. The number of carbonyl (C=O) groups is 1. The highest BCUT2D eigenvalue weighted by molar-refractivity contribution is 6.03. The van der Waals surface area contributed by atoms with E-state index in [4.69, 9.17) is 4.98 Å². The topological polar surface area (TPSA) is 77.6 Å². The lowest BCUT2D eigenvalue weighted by Crippen LogP contribution is -2.16. The van der Waals surface area contributed by atoms with E-state index in [1.54, 1.807) is 24.0 Å². The predicted molar refractivity (Wildman–Crippen MR) is 105 cm³/mol. The maximum absolute atomic E-state index is 12.4. The Balaban J connectivity index is 1.63. The summed E-state index contributed by atoms with van der Waals surface area (Å²) in [6.45, 7) is 4.90. The van der Waals surface area contributed by atoms with Gasteiger partial charge in [0.2, 0.25) is 0 Å². The number of aromatic nitrogens is 5. The summed E-state index contributed by atoms with van der Waals surface area (Å²) in [7, 11) is 1.74. The zero-order valence-corrected chi connectivity index (χ0v) is 15.5. The van der Waals surface area contributed by atoms with E-state index in [1.165, 1.54) is 0 Å². The minimum absolute atomic E-state index is 0.190. The first-order valence-corrected chi connectivity index (χ1v) is 8.79. The molecule has 0 aliphatic heterocycles. The predicted octanol–water partition coefficient (Wildman–Crippen LogP) is 3.41. The lowest BCUT2D eigenvalue weighted by atomic mass is 10.1. The van der Waals surface area contributed by atoms with Gasteiger partial charge in [-0.3, -0.25) is 9.48 Å².